The molecule has 1 aliphatic rings. The normalized spacial score (nSPS) is 21.5. The van der Waals surface area contributed by atoms with E-state index in [9.17, 15) is 0 Å². The molecule has 1 aliphatic heterocycles. The zero-order valence-electron chi connectivity index (χ0n) is 11.0. The maximum atomic E-state index is 5.12. The minimum atomic E-state index is 0.425. The van der Waals surface area contributed by atoms with Crippen molar-refractivity contribution >= 4 is 0 Å². The van der Waals surface area contributed by atoms with Crippen LogP contribution < -0.4 is 0 Å². The van der Waals surface area contributed by atoms with Gasteiger partial charge in [0, 0.05) is 19.7 Å². The highest BCUT2D eigenvalue weighted by Gasteiger charge is 2.31. The summed E-state index contributed by atoms with van der Waals surface area (Å²) in [5, 5.41) is 8.34. The lowest BCUT2D eigenvalue weighted by Gasteiger charge is -2.27. The smallest absolute Gasteiger partial charge is 0.150 e. The SMILES string of the molecule is COCCn1cnnc1C1CCCN1C(C)C. The van der Waals surface area contributed by atoms with Gasteiger partial charge in [0.2, 0.25) is 0 Å². The fraction of sp³-hybridized carbons (Fsp3) is 0.833. The van der Waals surface area contributed by atoms with Crippen LogP contribution in [0.2, 0.25) is 0 Å². The lowest BCUT2D eigenvalue weighted by atomic mass is 10.2. The van der Waals surface area contributed by atoms with Crippen molar-refractivity contribution in [2.24, 2.45) is 0 Å². The van der Waals surface area contributed by atoms with E-state index in [1.54, 1.807) is 7.11 Å². The second-order valence-corrected chi connectivity index (χ2v) is 4.86. The van der Waals surface area contributed by atoms with Crippen LogP contribution in [-0.2, 0) is 11.3 Å². The van der Waals surface area contributed by atoms with Gasteiger partial charge in [-0.05, 0) is 33.2 Å². The molecule has 5 heteroatoms. The number of rotatable bonds is 5. The zero-order chi connectivity index (χ0) is 12.3. The van der Waals surface area contributed by atoms with Gasteiger partial charge in [-0.3, -0.25) is 4.90 Å². The molecule has 1 saturated heterocycles. The molecular weight excluding hydrogens is 216 g/mol. The zero-order valence-corrected chi connectivity index (χ0v) is 11.0. The van der Waals surface area contributed by atoms with Crippen LogP contribution in [-0.4, -0.2) is 46.0 Å². The average molecular weight is 238 g/mol. The summed E-state index contributed by atoms with van der Waals surface area (Å²) >= 11 is 0. The number of nitrogens with zero attached hydrogens (tertiary/aromatic N) is 4. The first-order chi connectivity index (χ1) is 8.24. The third-order valence-electron chi connectivity index (χ3n) is 3.44. The summed E-state index contributed by atoms with van der Waals surface area (Å²) in [6.07, 6.45) is 4.25. The van der Waals surface area contributed by atoms with E-state index in [4.69, 9.17) is 4.74 Å². The molecule has 2 rings (SSSR count). The number of ether oxygens (including phenoxy) is 1. The van der Waals surface area contributed by atoms with Gasteiger partial charge in [-0.25, -0.2) is 0 Å². The Morgan fingerprint density at radius 2 is 2.35 bits per heavy atom. The van der Waals surface area contributed by atoms with Crippen LogP contribution in [0.1, 0.15) is 38.6 Å². The van der Waals surface area contributed by atoms with Gasteiger partial charge in [-0.1, -0.05) is 0 Å². The van der Waals surface area contributed by atoms with Crippen LogP contribution in [0.15, 0.2) is 6.33 Å². The van der Waals surface area contributed by atoms with Crippen LogP contribution >= 0.6 is 0 Å². The lowest BCUT2D eigenvalue weighted by Crippen LogP contribution is -2.32. The van der Waals surface area contributed by atoms with Gasteiger partial charge in [-0.2, -0.15) is 0 Å². The summed E-state index contributed by atoms with van der Waals surface area (Å²) in [7, 11) is 1.72. The third-order valence-corrected chi connectivity index (χ3v) is 3.44. The van der Waals surface area contributed by atoms with Gasteiger partial charge in [0.25, 0.3) is 0 Å². The molecule has 1 aromatic heterocycles. The van der Waals surface area contributed by atoms with Crippen molar-refractivity contribution < 1.29 is 4.74 Å². The Kier molecular flexibility index (Phi) is 4.12. The average Bonchev–Trinajstić information content (AvgIpc) is 2.94. The van der Waals surface area contributed by atoms with E-state index in [1.165, 1.54) is 19.4 Å². The molecule has 17 heavy (non-hydrogen) atoms. The molecular formula is C12H22N4O. The molecule has 0 aliphatic carbocycles. The number of hydrogen-bond acceptors (Lipinski definition) is 4. The predicted molar refractivity (Wildman–Crippen MR) is 65.7 cm³/mol. The molecule has 1 atom stereocenters. The molecule has 2 heterocycles. The summed E-state index contributed by atoms with van der Waals surface area (Å²) in [5.74, 6) is 1.09. The molecule has 0 bridgehead atoms. The van der Waals surface area contributed by atoms with Gasteiger partial charge in [0.05, 0.1) is 12.6 Å². The number of aromatic nitrogens is 3. The third kappa shape index (κ3) is 2.66. The maximum Gasteiger partial charge on any atom is 0.150 e. The van der Waals surface area contributed by atoms with E-state index >= 15 is 0 Å². The first-order valence-corrected chi connectivity index (χ1v) is 6.36. The van der Waals surface area contributed by atoms with E-state index in [2.05, 4.69) is 33.5 Å². The van der Waals surface area contributed by atoms with Gasteiger partial charge >= 0.3 is 0 Å². The van der Waals surface area contributed by atoms with Crippen molar-refractivity contribution in [3.05, 3.63) is 12.2 Å². The Bertz CT molecular complexity index is 350. The van der Waals surface area contributed by atoms with Gasteiger partial charge in [0.15, 0.2) is 0 Å². The predicted octanol–water partition coefficient (Wildman–Crippen LogP) is 1.47. The van der Waals surface area contributed by atoms with Crippen LogP contribution in [0.25, 0.3) is 0 Å². The van der Waals surface area contributed by atoms with Crippen LogP contribution in [0.4, 0.5) is 0 Å². The molecule has 0 saturated carbocycles. The van der Waals surface area contributed by atoms with Gasteiger partial charge < -0.3 is 9.30 Å². The Morgan fingerprint density at radius 1 is 1.53 bits per heavy atom. The molecule has 0 amide bonds. The highest BCUT2D eigenvalue weighted by Crippen LogP contribution is 2.32. The van der Waals surface area contributed by atoms with Crippen molar-refractivity contribution in [1.29, 1.82) is 0 Å². The van der Waals surface area contributed by atoms with Crippen molar-refractivity contribution in [2.75, 3.05) is 20.3 Å². The fourth-order valence-electron chi connectivity index (χ4n) is 2.57. The van der Waals surface area contributed by atoms with E-state index in [-0.39, 0.29) is 0 Å². The quantitative estimate of drug-likeness (QED) is 0.779. The Morgan fingerprint density at radius 3 is 3.06 bits per heavy atom. The summed E-state index contributed by atoms with van der Waals surface area (Å²) in [4.78, 5) is 2.51. The van der Waals surface area contributed by atoms with Crippen molar-refractivity contribution in [1.82, 2.24) is 19.7 Å². The molecule has 0 N–H and O–H groups in total. The first kappa shape index (κ1) is 12.5. The summed E-state index contributed by atoms with van der Waals surface area (Å²) in [5.41, 5.74) is 0. The van der Waals surface area contributed by atoms with E-state index in [1.807, 2.05) is 6.33 Å². The van der Waals surface area contributed by atoms with Gasteiger partial charge in [0.1, 0.15) is 12.2 Å². The molecule has 0 spiro atoms. The Hall–Kier alpha value is -0.940. The standard InChI is InChI=1S/C12H22N4O/c1-10(2)16-6-4-5-11(16)12-14-13-9-15(12)7-8-17-3/h9-11H,4-8H2,1-3H3. The minimum absolute atomic E-state index is 0.425. The topological polar surface area (TPSA) is 43.2 Å². The maximum absolute atomic E-state index is 5.12. The number of methoxy groups -OCH3 is 1. The molecule has 1 fully saturated rings. The van der Waals surface area contributed by atoms with E-state index in [0.29, 0.717) is 18.7 Å². The first-order valence-electron chi connectivity index (χ1n) is 6.36. The molecule has 1 unspecified atom stereocenters. The molecule has 1 aromatic rings. The largest absolute Gasteiger partial charge is 0.383 e. The molecule has 96 valence electrons. The lowest BCUT2D eigenvalue weighted by molar-refractivity contribution is 0.174. The highest BCUT2D eigenvalue weighted by atomic mass is 16.5. The Balaban J connectivity index is 2.12. The molecule has 0 aromatic carbocycles. The highest BCUT2D eigenvalue weighted by molar-refractivity contribution is 5.00. The van der Waals surface area contributed by atoms with E-state index < -0.39 is 0 Å². The van der Waals surface area contributed by atoms with Gasteiger partial charge in [-0.15, -0.1) is 10.2 Å². The number of hydrogen-bond donors (Lipinski definition) is 0. The van der Waals surface area contributed by atoms with Crippen molar-refractivity contribution in [3.8, 4) is 0 Å². The second-order valence-electron chi connectivity index (χ2n) is 4.86. The van der Waals surface area contributed by atoms with Crippen LogP contribution in [0, 0.1) is 0 Å². The van der Waals surface area contributed by atoms with Crippen molar-refractivity contribution in [3.63, 3.8) is 0 Å². The summed E-state index contributed by atoms with van der Waals surface area (Å²) in [6.45, 7) is 7.20. The summed E-state index contributed by atoms with van der Waals surface area (Å²) < 4.78 is 7.24. The minimum Gasteiger partial charge on any atom is -0.383 e. The van der Waals surface area contributed by atoms with Crippen LogP contribution in [0.5, 0.6) is 0 Å². The monoisotopic (exact) mass is 238 g/mol. The van der Waals surface area contributed by atoms with E-state index in [0.717, 1.165) is 12.4 Å². The number of likely N-dealkylation sites (tertiary alicyclic amines) is 1. The molecule has 0 radical (unpaired) electrons. The van der Waals surface area contributed by atoms with Crippen molar-refractivity contribution in [2.45, 2.75) is 45.3 Å². The fourth-order valence-corrected chi connectivity index (χ4v) is 2.57. The second kappa shape index (κ2) is 5.60. The Labute approximate surface area is 103 Å². The molecule has 5 nitrogen and oxygen atoms in total. The van der Waals surface area contributed by atoms with Crippen LogP contribution in [0.3, 0.4) is 0 Å². The summed E-state index contributed by atoms with van der Waals surface area (Å²) in [6, 6.07) is 0.990.